The molecule has 2 aromatic heterocycles. The zero-order valence-electron chi connectivity index (χ0n) is 18.1. The number of hydrogen-bond acceptors (Lipinski definition) is 6. The summed E-state index contributed by atoms with van der Waals surface area (Å²) in [5, 5.41) is 8.75. The van der Waals surface area contributed by atoms with Crippen molar-refractivity contribution >= 4 is 22.5 Å². The van der Waals surface area contributed by atoms with E-state index in [1.807, 2.05) is 23.1 Å². The standard InChI is InChI=1S/C24H26N6O/c1-4-30-15-20(13-26-30)16-5-6-18-12-25-24(27-21(18)9-16)28-22-10-19-14-29(2)8-7-17(19)11-23(22)31-3/h5-6,9-13,15H,4,7-8,14H2,1-3H3,(H,25,27,28). The van der Waals surface area contributed by atoms with Gasteiger partial charge in [-0.05, 0) is 55.3 Å². The van der Waals surface area contributed by atoms with Crippen LogP contribution in [0.15, 0.2) is 48.9 Å². The van der Waals surface area contributed by atoms with Gasteiger partial charge in [0.05, 0.1) is 24.5 Å². The molecule has 0 aliphatic carbocycles. The van der Waals surface area contributed by atoms with E-state index in [0.717, 1.165) is 59.5 Å². The van der Waals surface area contributed by atoms with Crippen molar-refractivity contribution in [3.63, 3.8) is 0 Å². The summed E-state index contributed by atoms with van der Waals surface area (Å²) in [5.41, 5.74) is 6.60. The highest BCUT2D eigenvalue weighted by Gasteiger charge is 2.17. The minimum absolute atomic E-state index is 0.552. The maximum atomic E-state index is 5.65. The van der Waals surface area contributed by atoms with Crippen molar-refractivity contribution in [1.82, 2.24) is 24.6 Å². The van der Waals surface area contributed by atoms with Gasteiger partial charge in [0.1, 0.15) is 5.75 Å². The van der Waals surface area contributed by atoms with Gasteiger partial charge in [0.15, 0.2) is 0 Å². The van der Waals surface area contributed by atoms with Gasteiger partial charge >= 0.3 is 0 Å². The van der Waals surface area contributed by atoms with Crippen molar-refractivity contribution < 1.29 is 4.74 Å². The lowest BCUT2D eigenvalue weighted by Crippen LogP contribution is -2.26. The number of hydrogen-bond donors (Lipinski definition) is 1. The number of benzene rings is 2. The second-order valence-electron chi connectivity index (χ2n) is 7.99. The van der Waals surface area contributed by atoms with Crippen LogP contribution in [0, 0.1) is 0 Å². The molecule has 0 unspecified atom stereocenters. The third-order valence-electron chi connectivity index (χ3n) is 5.84. The van der Waals surface area contributed by atoms with Gasteiger partial charge in [-0.15, -0.1) is 0 Å². The molecule has 7 nitrogen and oxygen atoms in total. The fourth-order valence-corrected chi connectivity index (χ4v) is 4.06. The molecule has 5 rings (SSSR count). The first-order valence-electron chi connectivity index (χ1n) is 10.6. The van der Waals surface area contributed by atoms with E-state index in [2.05, 4.69) is 64.7 Å². The summed E-state index contributed by atoms with van der Waals surface area (Å²) in [6.45, 7) is 4.93. The third kappa shape index (κ3) is 3.84. The Morgan fingerprint density at radius 3 is 2.81 bits per heavy atom. The number of aromatic nitrogens is 4. The SMILES string of the molecule is CCn1cc(-c2ccc3cnc(Nc4cc5c(cc4OC)CCN(C)C5)nc3c2)cn1. The average Bonchev–Trinajstić information content (AvgIpc) is 3.27. The molecule has 7 heteroatoms. The minimum atomic E-state index is 0.552. The topological polar surface area (TPSA) is 68.1 Å². The van der Waals surface area contributed by atoms with Gasteiger partial charge < -0.3 is 15.0 Å². The Kier molecular flexibility index (Phi) is 5.03. The van der Waals surface area contributed by atoms with E-state index >= 15 is 0 Å². The minimum Gasteiger partial charge on any atom is -0.495 e. The van der Waals surface area contributed by atoms with E-state index in [9.17, 15) is 0 Å². The van der Waals surface area contributed by atoms with Crippen LogP contribution in [0.5, 0.6) is 5.75 Å². The Morgan fingerprint density at radius 2 is 2.00 bits per heavy atom. The molecular formula is C24H26N6O. The Balaban J connectivity index is 1.48. The van der Waals surface area contributed by atoms with Crippen molar-refractivity contribution in [3.8, 4) is 16.9 Å². The number of nitrogens with one attached hydrogen (secondary N) is 1. The van der Waals surface area contributed by atoms with Crippen LogP contribution in [0.2, 0.25) is 0 Å². The summed E-state index contributed by atoms with van der Waals surface area (Å²) in [5.74, 6) is 1.36. The molecule has 0 spiro atoms. The van der Waals surface area contributed by atoms with Crippen molar-refractivity contribution in [2.24, 2.45) is 0 Å². The molecule has 31 heavy (non-hydrogen) atoms. The molecule has 158 valence electrons. The molecule has 0 fully saturated rings. The van der Waals surface area contributed by atoms with E-state index < -0.39 is 0 Å². The summed E-state index contributed by atoms with van der Waals surface area (Å²) in [6, 6.07) is 10.5. The summed E-state index contributed by atoms with van der Waals surface area (Å²) in [6.07, 6.45) is 6.82. The molecule has 1 aliphatic rings. The van der Waals surface area contributed by atoms with Crippen LogP contribution in [0.1, 0.15) is 18.1 Å². The maximum Gasteiger partial charge on any atom is 0.227 e. The molecule has 0 atom stereocenters. The van der Waals surface area contributed by atoms with Gasteiger partial charge in [-0.25, -0.2) is 9.97 Å². The van der Waals surface area contributed by atoms with Crippen LogP contribution < -0.4 is 10.1 Å². The number of rotatable bonds is 5. The molecule has 0 radical (unpaired) electrons. The number of likely N-dealkylation sites (N-methyl/N-ethyl adjacent to an activating group) is 1. The fraction of sp³-hybridized carbons (Fsp3) is 0.292. The van der Waals surface area contributed by atoms with Crippen molar-refractivity contribution in [1.29, 1.82) is 0 Å². The molecule has 1 N–H and O–H groups in total. The van der Waals surface area contributed by atoms with Gasteiger partial charge in [0.25, 0.3) is 0 Å². The summed E-state index contributed by atoms with van der Waals surface area (Å²) >= 11 is 0. The number of ether oxygens (including phenoxy) is 1. The highest BCUT2D eigenvalue weighted by atomic mass is 16.5. The van der Waals surface area contributed by atoms with Crippen molar-refractivity contribution in [2.75, 3.05) is 26.0 Å². The lowest BCUT2D eigenvalue weighted by molar-refractivity contribution is 0.312. The second-order valence-corrected chi connectivity index (χ2v) is 7.99. The molecule has 2 aromatic carbocycles. The van der Waals surface area contributed by atoms with E-state index in [1.165, 1.54) is 11.1 Å². The smallest absolute Gasteiger partial charge is 0.227 e. The van der Waals surface area contributed by atoms with Gasteiger partial charge in [0.2, 0.25) is 5.95 Å². The Labute approximate surface area is 181 Å². The van der Waals surface area contributed by atoms with E-state index in [-0.39, 0.29) is 0 Å². The zero-order valence-corrected chi connectivity index (χ0v) is 18.1. The van der Waals surface area contributed by atoms with Crippen LogP contribution in [0.25, 0.3) is 22.0 Å². The molecule has 1 aliphatic heterocycles. The summed E-state index contributed by atoms with van der Waals surface area (Å²) in [7, 11) is 3.85. The van der Waals surface area contributed by atoms with E-state index in [0.29, 0.717) is 5.95 Å². The average molecular weight is 415 g/mol. The molecule has 0 bridgehead atoms. The first-order valence-corrected chi connectivity index (χ1v) is 10.6. The monoisotopic (exact) mass is 414 g/mol. The lowest BCUT2D eigenvalue weighted by Gasteiger charge is -2.26. The largest absolute Gasteiger partial charge is 0.495 e. The molecule has 0 saturated heterocycles. The third-order valence-corrected chi connectivity index (χ3v) is 5.84. The van der Waals surface area contributed by atoms with Crippen LogP contribution >= 0.6 is 0 Å². The highest BCUT2D eigenvalue weighted by Crippen LogP contribution is 2.33. The van der Waals surface area contributed by atoms with Crippen molar-refractivity contribution in [2.45, 2.75) is 26.4 Å². The predicted molar refractivity (Wildman–Crippen MR) is 123 cm³/mol. The Hall–Kier alpha value is -3.45. The fourth-order valence-electron chi connectivity index (χ4n) is 4.06. The molecule has 3 heterocycles. The maximum absolute atomic E-state index is 5.65. The van der Waals surface area contributed by atoms with E-state index in [1.54, 1.807) is 7.11 Å². The predicted octanol–water partition coefficient (Wildman–Crippen LogP) is 4.25. The quantitative estimate of drug-likeness (QED) is 0.526. The zero-order chi connectivity index (χ0) is 21.4. The molecule has 4 aromatic rings. The molecular weight excluding hydrogens is 388 g/mol. The molecule has 0 amide bonds. The summed E-state index contributed by atoms with van der Waals surface area (Å²) < 4.78 is 7.57. The lowest BCUT2D eigenvalue weighted by atomic mass is 9.99. The van der Waals surface area contributed by atoms with Crippen LogP contribution in [-0.4, -0.2) is 45.4 Å². The number of anilines is 2. The first-order chi connectivity index (χ1) is 15.1. The normalized spacial score (nSPS) is 13.9. The van der Waals surface area contributed by atoms with Crippen LogP contribution in [0.4, 0.5) is 11.6 Å². The number of methoxy groups -OCH3 is 1. The van der Waals surface area contributed by atoms with Gasteiger partial charge in [0, 0.05) is 43.0 Å². The van der Waals surface area contributed by atoms with E-state index in [4.69, 9.17) is 9.72 Å². The first kappa shape index (κ1) is 19.5. The van der Waals surface area contributed by atoms with Crippen molar-refractivity contribution in [3.05, 3.63) is 60.0 Å². The number of aryl methyl sites for hydroxylation is 1. The Morgan fingerprint density at radius 1 is 1.10 bits per heavy atom. The number of fused-ring (bicyclic) bond motifs is 2. The highest BCUT2D eigenvalue weighted by molar-refractivity contribution is 5.84. The van der Waals surface area contributed by atoms with Gasteiger partial charge in [-0.1, -0.05) is 12.1 Å². The van der Waals surface area contributed by atoms with Gasteiger partial charge in [-0.2, -0.15) is 5.10 Å². The second kappa shape index (κ2) is 8.00. The summed E-state index contributed by atoms with van der Waals surface area (Å²) in [4.78, 5) is 11.6. The van der Waals surface area contributed by atoms with Crippen LogP contribution in [0.3, 0.4) is 0 Å². The number of nitrogens with zero attached hydrogens (tertiary/aromatic N) is 5. The van der Waals surface area contributed by atoms with Gasteiger partial charge in [-0.3, -0.25) is 4.68 Å². The molecule has 0 saturated carbocycles. The van der Waals surface area contributed by atoms with Crippen LogP contribution in [-0.2, 0) is 19.5 Å². The Bertz CT molecular complexity index is 1250.